The van der Waals surface area contributed by atoms with Crippen LogP contribution in [0, 0.1) is 0 Å². The van der Waals surface area contributed by atoms with E-state index < -0.39 is 8.07 Å². The summed E-state index contributed by atoms with van der Waals surface area (Å²) in [7, 11) is -0.855. The zero-order valence-electron chi connectivity index (χ0n) is 12.0. The number of hydrogen-bond acceptors (Lipinski definition) is 2. The first-order valence-electron chi connectivity index (χ1n) is 7.45. The molecule has 0 aromatic carbocycles. The van der Waals surface area contributed by atoms with Gasteiger partial charge in [0, 0.05) is 6.61 Å². The fraction of sp³-hybridized carbons (Fsp3) is 1.00. The molecule has 1 heterocycles. The Morgan fingerprint density at radius 2 is 1.71 bits per heavy atom. The van der Waals surface area contributed by atoms with Crippen LogP contribution >= 0.6 is 0 Å². The highest BCUT2D eigenvalue weighted by Gasteiger charge is 2.25. The van der Waals surface area contributed by atoms with Gasteiger partial charge >= 0.3 is 0 Å². The van der Waals surface area contributed by atoms with Gasteiger partial charge in [0.25, 0.3) is 0 Å². The highest BCUT2D eigenvalue weighted by molar-refractivity contribution is 6.79. The quantitative estimate of drug-likeness (QED) is 0.316. The Labute approximate surface area is 108 Å². The lowest BCUT2D eigenvalue weighted by molar-refractivity contribution is 0.113. The first-order chi connectivity index (χ1) is 8.26. The lowest BCUT2D eigenvalue weighted by atomic mass is 10.3. The second-order valence-corrected chi connectivity index (χ2v) is 11.0. The molecule has 0 saturated carbocycles. The normalized spacial score (nSPS) is 19.6. The van der Waals surface area contributed by atoms with Crippen LogP contribution in [0.4, 0.5) is 0 Å². The van der Waals surface area contributed by atoms with E-state index >= 15 is 0 Å². The van der Waals surface area contributed by atoms with Crippen molar-refractivity contribution in [2.75, 3.05) is 19.8 Å². The minimum Gasteiger partial charge on any atom is -0.379 e. The van der Waals surface area contributed by atoms with Gasteiger partial charge in [-0.25, -0.2) is 0 Å². The van der Waals surface area contributed by atoms with E-state index in [4.69, 9.17) is 9.47 Å². The third-order valence-corrected chi connectivity index (χ3v) is 10.4. The SMILES string of the molecule is CC[Si](CC)(CC)CCCCCOCC1CO1. The Morgan fingerprint density at radius 1 is 1.06 bits per heavy atom. The van der Waals surface area contributed by atoms with Crippen LogP contribution in [0.3, 0.4) is 0 Å². The van der Waals surface area contributed by atoms with E-state index in [0.717, 1.165) is 19.8 Å². The van der Waals surface area contributed by atoms with Crippen molar-refractivity contribution in [1.29, 1.82) is 0 Å². The lowest BCUT2D eigenvalue weighted by Gasteiger charge is -2.27. The summed E-state index contributed by atoms with van der Waals surface area (Å²) >= 11 is 0. The molecule has 0 radical (unpaired) electrons. The third kappa shape index (κ3) is 6.02. The summed E-state index contributed by atoms with van der Waals surface area (Å²) in [6.07, 6.45) is 4.43. The van der Waals surface area contributed by atoms with E-state index in [1.54, 1.807) is 0 Å². The van der Waals surface area contributed by atoms with Gasteiger partial charge in [-0.15, -0.1) is 0 Å². The third-order valence-electron chi connectivity index (χ3n) is 4.45. The predicted octanol–water partition coefficient (Wildman–Crippen LogP) is 4.08. The van der Waals surface area contributed by atoms with Crippen LogP contribution < -0.4 is 0 Å². The Balaban J connectivity index is 1.93. The van der Waals surface area contributed by atoms with Crippen molar-refractivity contribution in [3.8, 4) is 0 Å². The van der Waals surface area contributed by atoms with Gasteiger partial charge in [0.1, 0.15) is 6.10 Å². The zero-order valence-corrected chi connectivity index (χ0v) is 13.0. The van der Waals surface area contributed by atoms with Gasteiger partial charge in [-0.2, -0.15) is 0 Å². The van der Waals surface area contributed by atoms with Crippen molar-refractivity contribution in [3.05, 3.63) is 0 Å². The first-order valence-corrected chi connectivity index (χ1v) is 10.3. The molecular weight excluding hydrogens is 228 g/mol. The summed E-state index contributed by atoms with van der Waals surface area (Å²) in [4.78, 5) is 0. The van der Waals surface area contributed by atoms with Crippen molar-refractivity contribution in [3.63, 3.8) is 0 Å². The highest BCUT2D eigenvalue weighted by Crippen LogP contribution is 2.27. The maximum Gasteiger partial charge on any atom is 0.104 e. The monoisotopic (exact) mass is 258 g/mol. The predicted molar refractivity (Wildman–Crippen MR) is 76.4 cm³/mol. The molecule has 1 fully saturated rings. The largest absolute Gasteiger partial charge is 0.379 e. The van der Waals surface area contributed by atoms with E-state index in [1.165, 1.54) is 43.4 Å². The molecule has 1 rings (SSSR count). The summed E-state index contributed by atoms with van der Waals surface area (Å²) in [5.74, 6) is 0. The molecule has 0 aromatic heterocycles. The Bertz CT molecular complexity index is 180. The van der Waals surface area contributed by atoms with Gasteiger partial charge in [-0.05, 0) is 6.42 Å². The van der Waals surface area contributed by atoms with Gasteiger partial charge in [0.15, 0.2) is 0 Å². The molecule has 0 N–H and O–H groups in total. The number of epoxide rings is 1. The molecular formula is C14H30O2Si. The standard InChI is InChI=1S/C14H30O2Si/c1-4-17(5-2,6-3)11-9-7-8-10-15-12-14-13-16-14/h14H,4-13H2,1-3H3. The summed E-state index contributed by atoms with van der Waals surface area (Å²) in [6.45, 7) is 9.86. The van der Waals surface area contributed by atoms with Gasteiger partial charge in [-0.1, -0.05) is 57.8 Å². The van der Waals surface area contributed by atoms with Crippen LogP contribution in [0.15, 0.2) is 0 Å². The van der Waals surface area contributed by atoms with Crippen molar-refractivity contribution in [1.82, 2.24) is 0 Å². The van der Waals surface area contributed by atoms with Gasteiger partial charge in [0.2, 0.25) is 0 Å². The number of rotatable bonds is 11. The molecule has 3 heteroatoms. The Kier molecular flexibility index (Phi) is 7.40. The second kappa shape index (κ2) is 8.28. The van der Waals surface area contributed by atoms with E-state index in [1.807, 2.05) is 0 Å². The van der Waals surface area contributed by atoms with E-state index in [2.05, 4.69) is 20.8 Å². The van der Waals surface area contributed by atoms with Crippen LogP contribution in [0.5, 0.6) is 0 Å². The molecule has 1 saturated heterocycles. The molecule has 0 bridgehead atoms. The van der Waals surface area contributed by atoms with E-state index in [0.29, 0.717) is 6.10 Å². The molecule has 0 amide bonds. The van der Waals surface area contributed by atoms with Crippen LogP contribution in [0.2, 0.25) is 24.2 Å². The van der Waals surface area contributed by atoms with Crippen molar-refractivity contribution in [2.45, 2.75) is 70.3 Å². The average Bonchev–Trinajstić information content (AvgIpc) is 3.18. The average molecular weight is 258 g/mol. The van der Waals surface area contributed by atoms with Gasteiger partial charge in [0.05, 0.1) is 21.3 Å². The first kappa shape index (κ1) is 15.2. The smallest absolute Gasteiger partial charge is 0.104 e. The highest BCUT2D eigenvalue weighted by atomic mass is 28.3. The summed E-state index contributed by atoms with van der Waals surface area (Å²) < 4.78 is 10.7. The minimum atomic E-state index is -0.855. The van der Waals surface area contributed by atoms with Crippen LogP contribution in [0.25, 0.3) is 0 Å². The second-order valence-electron chi connectivity index (χ2n) is 5.40. The van der Waals surface area contributed by atoms with E-state index in [-0.39, 0.29) is 0 Å². The Hall–Kier alpha value is 0.137. The van der Waals surface area contributed by atoms with Crippen molar-refractivity contribution < 1.29 is 9.47 Å². The molecule has 17 heavy (non-hydrogen) atoms. The lowest BCUT2D eigenvalue weighted by Crippen LogP contribution is -2.30. The molecule has 2 nitrogen and oxygen atoms in total. The summed E-state index contributed by atoms with van der Waals surface area (Å²) in [5.41, 5.74) is 0. The number of unbranched alkanes of at least 4 members (excludes halogenated alkanes) is 2. The molecule has 0 spiro atoms. The molecule has 0 aliphatic carbocycles. The van der Waals surface area contributed by atoms with Crippen LogP contribution in [-0.2, 0) is 9.47 Å². The van der Waals surface area contributed by atoms with Crippen molar-refractivity contribution in [2.24, 2.45) is 0 Å². The van der Waals surface area contributed by atoms with Gasteiger partial charge in [-0.3, -0.25) is 0 Å². The Morgan fingerprint density at radius 3 is 2.24 bits per heavy atom. The molecule has 1 aliphatic heterocycles. The number of hydrogen-bond donors (Lipinski definition) is 0. The van der Waals surface area contributed by atoms with Crippen LogP contribution in [-0.4, -0.2) is 34.0 Å². The fourth-order valence-corrected chi connectivity index (χ4v) is 6.10. The topological polar surface area (TPSA) is 21.8 Å². The molecule has 0 aromatic rings. The summed E-state index contributed by atoms with van der Waals surface area (Å²) in [5, 5.41) is 0. The summed E-state index contributed by atoms with van der Waals surface area (Å²) in [6, 6.07) is 5.93. The van der Waals surface area contributed by atoms with Gasteiger partial charge < -0.3 is 9.47 Å². The molecule has 1 atom stereocenters. The minimum absolute atomic E-state index is 0.426. The maximum atomic E-state index is 5.56. The zero-order chi connectivity index (χ0) is 12.6. The fourth-order valence-electron chi connectivity index (χ4n) is 2.54. The van der Waals surface area contributed by atoms with Crippen molar-refractivity contribution >= 4 is 8.07 Å². The van der Waals surface area contributed by atoms with E-state index in [9.17, 15) is 0 Å². The maximum absolute atomic E-state index is 5.56. The van der Waals surface area contributed by atoms with Crippen LogP contribution in [0.1, 0.15) is 40.0 Å². The molecule has 1 unspecified atom stereocenters. The molecule has 1 aliphatic rings. The number of ether oxygens (including phenoxy) is 2. The molecule has 102 valence electrons.